The van der Waals surface area contributed by atoms with Crippen molar-refractivity contribution in [2.75, 3.05) is 5.32 Å². The third-order valence-corrected chi connectivity index (χ3v) is 4.62. The normalized spacial score (nSPS) is 11.1. The Morgan fingerprint density at radius 2 is 1.54 bits per heavy atom. The number of halogens is 3. The van der Waals surface area contributed by atoms with Crippen LogP contribution in [0.25, 0.3) is 0 Å². The summed E-state index contributed by atoms with van der Waals surface area (Å²) < 4.78 is 39.9. The molecule has 2 N–H and O–H groups in total. The number of amides is 2. The van der Waals surface area contributed by atoms with Gasteiger partial charge in [-0.25, -0.2) is 4.98 Å². The summed E-state index contributed by atoms with van der Waals surface area (Å²) in [4.78, 5) is 27.3. The lowest BCUT2D eigenvalue weighted by atomic mass is 10.2. The highest BCUT2D eigenvalue weighted by molar-refractivity contribution is 7.17. The van der Waals surface area contributed by atoms with Gasteiger partial charge in [0.25, 0.3) is 11.8 Å². The summed E-state index contributed by atoms with van der Waals surface area (Å²) in [5.74, 6) is -1.52. The lowest BCUT2D eigenvalue weighted by Crippen LogP contribution is -2.24. The van der Waals surface area contributed by atoms with E-state index in [1.807, 2.05) is 0 Å². The van der Waals surface area contributed by atoms with Gasteiger partial charge in [-0.1, -0.05) is 59.9 Å². The molecule has 0 atom stereocenters. The number of rotatable bonds is 5. The van der Waals surface area contributed by atoms with E-state index in [1.165, 1.54) is 12.1 Å². The topological polar surface area (TPSA) is 71.1 Å². The number of nitrogens with zero attached hydrogens (tertiary/aromatic N) is 1. The molecular weight excluding hydrogens is 391 g/mol. The second-order valence-electron chi connectivity index (χ2n) is 5.68. The van der Waals surface area contributed by atoms with Gasteiger partial charge in [-0.05, 0) is 17.7 Å². The number of aromatic nitrogens is 1. The van der Waals surface area contributed by atoms with E-state index >= 15 is 0 Å². The molecule has 28 heavy (non-hydrogen) atoms. The predicted octanol–water partition coefficient (Wildman–Crippen LogP) is 4.34. The zero-order valence-corrected chi connectivity index (χ0v) is 15.1. The Kier molecular flexibility index (Phi) is 5.74. The lowest BCUT2D eigenvalue weighted by molar-refractivity contribution is -0.141. The largest absolute Gasteiger partial charge is 0.435 e. The molecule has 0 radical (unpaired) electrons. The zero-order chi connectivity index (χ0) is 20.1. The van der Waals surface area contributed by atoms with Crippen molar-refractivity contribution in [3.05, 3.63) is 82.4 Å². The van der Waals surface area contributed by atoms with Crippen molar-refractivity contribution in [3.8, 4) is 0 Å². The highest BCUT2D eigenvalue weighted by atomic mass is 32.1. The van der Waals surface area contributed by atoms with Gasteiger partial charge in [0, 0.05) is 12.1 Å². The van der Waals surface area contributed by atoms with Crippen molar-refractivity contribution >= 4 is 28.3 Å². The van der Waals surface area contributed by atoms with Crippen LogP contribution in [0.4, 0.5) is 18.3 Å². The maximum Gasteiger partial charge on any atom is 0.435 e. The molecule has 0 spiro atoms. The smallest absolute Gasteiger partial charge is 0.347 e. The van der Waals surface area contributed by atoms with Crippen LogP contribution in [-0.4, -0.2) is 16.8 Å². The molecule has 2 aromatic carbocycles. The molecule has 0 unspecified atom stereocenters. The Balaban J connectivity index is 1.80. The minimum absolute atomic E-state index is 0.0700. The molecule has 1 heterocycles. The molecular formula is C19H14F3N3O2S. The molecule has 5 nitrogen and oxygen atoms in total. The number of carbonyl (C=O) groups is 2. The van der Waals surface area contributed by atoms with E-state index in [4.69, 9.17) is 0 Å². The van der Waals surface area contributed by atoms with Crippen LogP contribution in [0.2, 0.25) is 0 Å². The summed E-state index contributed by atoms with van der Waals surface area (Å²) in [5, 5.41) is 4.45. The fourth-order valence-corrected chi connectivity index (χ4v) is 3.23. The second kappa shape index (κ2) is 8.22. The maximum atomic E-state index is 13.3. The van der Waals surface area contributed by atoms with Crippen LogP contribution < -0.4 is 10.6 Å². The first-order valence-electron chi connectivity index (χ1n) is 8.11. The molecule has 9 heteroatoms. The Labute approximate surface area is 162 Å². The molecule has 1 aromatic heterocycles. The van der Waals surface area contributed by atoms with Crippen molar-refractivity contribution in [2.24, 2.45) is 0 Å². The van der Waals surface area contributed by atoms with Crippen LogP contribution in [0.5, 0.6) is 0 Å². The van der Waals surface area contributed by atoms with E-state index < -0.39 is 28.6 Å². The van der Waals surface area contributed by atoms with E-state index in [2.05, 4.69) is 15.6 Å². The number of carbonyl (C=O) groups excluding carboxylic acids is 2. The molecule has 3 rings (SSSR count). The fraction of sp³-hybridized carbons (Fsp3) is 0.105. The van der Waals surface area contributed by atoms with Gasteiger partial charge >= 0.3 is 6.18 Å². The first-order valence-corrected chi connectivity index (χ1v) is 8.93. The summed E-state index contributed by atoms with van der Waals surface area (Å²) in [5.41, 5.74) is -0.320. The van der Waals surface area contributed by atoms with E-state index in [-0.39, 0.29) is 17.2 Å². The Morgan fingerprint density at radius 3 is 2.14 bits per heavy atom. The van der Waals surface area contributed by atoms with Crippen LogP contribution in [-0.2, 0) is 12.7 Å². The summed E-state index contributed by atoms with van der Waals surface area (Å²) in [6.45, 7) is 0.0700. The van der Waals surface area contributed by atoms with Crippen molar-refractivity contribution in [3.63, 3.8) is 0 Å². The van der Waals surface area contributed by atoms with Gasteiger partial charge in [-0.3, -0.25) is 14.9 Å². The molecule has 0 saturated heterocycles. The third kappa shape index (κ3) is 4.74. The van der Waals surface area contributed by atoms with Crippen LogP contribution >= 0.6 is 11.3 Å². The number of benzene rings is 2. The van der Waals surface area contributed by atoms with Crippen LogP contribution in [0.1, 0.15) is 31.3 Å². The lowest BCUT2D eigenvalue weighted by Gasteiger charge is -2.07. The number of alkyl halides is 3. The molecule has 0 aliphatic heterocycles. The van der Waals surface area contributed by atoms with E-state index in [9.17, 15) is 22.8 Å². The minimum Gasteiger partial charge on any atom is -0.347 e. The molecule has 0 saturated carbocycles. The average Bonchev–Trinajstić information content (AvgIpc) is 3.12. The molecule has 2 amide bonds. The summed E-state index contributed by atoms with van der Waals surface area (Å²) in [6.07, 6.45) is -4.83. The monoisotopic (exact) mass is 405 g/mol. The zero-order valence-electron chi connectivity index (χ0n) is 14.3. The number of hydrogen-bond acceptors (Lipinski definition) is 4. The number of hydrogen-bond donors (Lipinski definition) is 2. The van der Waals surface area contributed by atoms with E-state index in [0.717, 1.165) is 5.56 Å². The van der Waals surface area contributed by atoms with Gasteiger partial charge in [0.1, 0.15) is 4.88 Å². The molecule has 0 aliphatic rings. The molecule has 144 valence electrons. The SMILES string of the molecule is O=C(Nc1nc(C(F)(F)F)c(C(=O)NCc2ccccc2)s1)c1ccccc1. The number of thiazole rings is 1. The molecule has 0 aliphatic carbocycles. The molecule has 0 fully saturated rings. The Morgan fingerprint density at radius 1 is 0.929 bits per heavy atom. The molecule has 3 aromatic rings. The minimum atomic E-state index is -4.83. The van der Waals surface area contributed by atoms with Crippen LogP contribution in [0, 0.1) is 0 Å². The van der Waals surface area contributed by atoms with Gasteiger partial charge in [0.15, 0.2) is 10.8 Å². The predicted molar refractivity (Wildman–Crippen MR) is 99.1 cm³/mol. The summed E-state index contributed by atoms with van der Waals surface area (Å²) >= 11 is 0.478. The highest BCUT2D eigenvalue weighted by Crippen LogP contribution is 2.36. The quantitative estimate of drug-likeness (QED) is 0.663. The summed E-state index contributed by atoms with van der Waals surface area (Å²) in [6, 6.07) is 16.8. The number of anilines is 1. The summed E-state index contributed by atoms with van der Waals surface area (Å²) in [7, 11) is 0. The van der Waals surface area contributed by atoms with Crippen molar-refractivity contribution in [2.45, 2.75) is 12.7 Å². The van der Waals surface area contributed by atoms with E-state index in [1.54, 1.807) is 48.5 Å². The first kappa shape index (κ1) is 19.6. The first-order chi connectivity index (χ1) is 13.3. The van der Waals surface area contributed by atoms with Crippen molar-refractivity contribution in [1.29, 1.82) is 0 Å². The highest BCUT2D eigenvalue weighted by Gasteiger charge is 2.39. The molecule has 0 bridgehead atoms. The Bertz CT molecular complexity index is 973. The van der Waals surface area contributed by atoms with Crippen molar-refractivity contribution < 1.29 is 22.8 Å². The second-order valence-corrected chi connectivity index (χ2v) is 6.68. The van der Waals surface area contributed by atoms with Gasteiger partial charge in [-0.15, -0.1) is 0 Å². The Hall–Kier alpha value is -3.20. The van der Waals surface area contributed by atoms with E-state index in [0.29, 0.717) is 11.3 Å². The van der Waals surface area contributed by atoms with Gasteiger partial charge < -0.3 is 5.32 Å². The average molecular weight is 405 g/mol. The maximum absolute atomic E-state index is 13.3. The van der Waals surface area contributed by atoms with Gasteiger partial charge in [-0.2, -0.15) is 13.2 Å². The van der Waals surface area contributed by atoms with Gasteiger partial charge in [0.05, 0.1) is 0 Å². The van der Waals surface area contributed by atoms with Crippen molar-refractivity contribution in [1.82, 2.24) is 10.3 Å². The number of nitrogens with one attached hydrogen (secondary N) is 2. The van der Waals surface area contributed by atoms with Crippen LogP contribution in [0.15, 0.2) is 60.7 Å². The fourth-order valence-electron chi connectivity index (χ4n) is 2.34. The van der Waals surface area contributed by atoms with Crippen LogP contribution in [0.3, 0.4) is 0 Å². The van der Waals surface area contributed by atoms with Gasteiger partial charge in [0.2, 0.25) is 0 Å². The third-order valence-electron chi connectivity index (χ3n) is 3.65. The standard InChI is InChI=1S/C19H14F3N3O2S/c20-19(21,22)15-14(17(27)23-11-12-7-3-1-4-8-12)28-18(24-15)25-16(26)13-9-5-2-6-10-13/h1-10H,11H2,(H,23,27)(H,24,25,26).